The van der Waals surface area contributed by atoms with E-state index in [4.69, 9.17) is 16.3 Å². The lowest BCUT2D eigenvalue weighted by molar-refractivity contribution is -0.121. The third-order valence-corrected chi connectivity index (χ3v) is 6.97. The molecule has 3 rings (SSSR count). The average Bonchev–Trinajstić information content (AvgIpc) is 2.77. The molecule has 0 saturated carbocycles. The van der Waals surface area contributed by atoms with E-state index in [1.165, 1.54) is 4.31 Å². The number of aryl methyl sites for hydroxylation is 1. The fourth-order valence-corrected chi connectivity index (χ4v) is 4.66. The molecule has 2 aromatic carbocycles. The number of ether oxygens (including phenoxy) is 1. The van der Waals surface area contributed by atoms with Crippen LogP contribution >= 0.6 is 11.6 Å². The van der Waals surface area contributed by atoms with Crippen LogP contribution < -0.4 is 10.9 Å². The van der Waals surface area contributed by atoms with Crippen molar-refractivity contribution in [3.8, 4) is 0 Å². The highest BCUT2D eigenvalue weighted by Crippen LogP contribution is 2.20. The molecule has 160 valence electrons. The molecule has 1 heterocycles. The van der Waals surface area contributed by atoms with Crippen LogP contribution in [0, 0.1) is 0 Å². The molecule has 0 bridgehead atoms. The van der Waals surface area contributed by atoms with Crippen molar-refractivity contribution in [2.45, 2.75) is 17.7 Å². The van der Waals surface area contributed by atoms with Gasteiger partial charge < -0.3 is 4.74 Å². The number of halogens is 1. The third kappa shape index (κ3) is 5.60. The minimum absolute atomic E-state index is 0.215. The van der Waals surface area contributed by atoms with E-state index >= 15 is 0 Å². The molecule has 30 heavy (non-hydrogen) atoms. The Kier molecular flexibility index (Phi) is 7.49. The summed E-state index contributed by atoms with van der Waals surface area (Å²) in [5.41, 5.74) is 7.43. The van der Waals surface area contributed by atoms with Crippen LogP contribution in [0.25, 0.3) is 5.70 Å². The van der Waals surface area contributed by atoms with E-state index in [0.717, 1.165) is 5.56 Å². The summed E-state index contributed by atoms with van der Waals surface area (Å²) in [6, 6.07) is 13.8. The molecule has 1 saturated heterocycles. The maximum Gasteiger partial charge on any atom is 0.243 e. The van der Waals surface area contributed by atoms with Crippen LogP contribution in [0.2, 0.25) is 5.02 Å². The maximum atomic E-state index is 12.6. The zero-order valence-corrected chi connectivity index (χ0v) is 18.0. The fourth-order valence-electron chi connectivity index (χ4n) is 3.00. The predicted octanol–water partition coefficient (Wildman–Crippen LogP) is 2.59. The van der Waals surface area contributed by atoms with Crippen molar-refractivity contribution in [3.05, 3.63) is 71.3 Å². The SMILES string of the molecule is C=C(NNC(=O)CCc1ccc(S(=O)(=O)N2CCOCC2)cc1)c1ccccc1Cl. The van der Waals surface area contributed by atoms with E-state index in [1.807, 2.05) is 12.1 Å². The molecule has 0 aliphatic carbocycles. The second kappa shape index (κ2) is 10.1. The van der Waals surface area contributed by atoms with E-state index in [1.54, 1.807) is 36.4 Å². The van der Waals surface area contributed by atoms with Gasteiger partial charge in [0.1, 0.15) is 0 Å². The maximum absolute atomic E-state index is 12.6. The van der Waals surface area contributed by atoms with Gasteiger partial charge in [-0.15, -0.1) is 0 Å². The molecule has 1 amide bonds. The Morgan fingerprint density at radius 1 is 1.07 bits per heavy atom. The molecule has 0 unspecified atom stereocenters. The van der Waals surface area contributed by atoms with E-state index in [0.29, 0.717) is 49.0 Å². The number of amides is 1. The summed E-state index contributed by atoms with van der Waals surface area (Å²) in [7, 11) is -3.51. The Labute approximate surface area is 181 Å². The minimum Gasteiger partial charge on any atom is -0.379 e. The van der Waals surface area contributed by atoms with Gasteiger partial charge >= 0.3 is 0 Å². The Hall–Kier alpha value is -2.39. The van der Waals surface area contributed by atoms with Gasteiger partial charge in [0, 0.05) is 30.1 Å². The van der Waals surface area contributed by atoms with Gasteiger partial charge in [-0.25, -0.2) is 8.42 Å². The van der Waals surface area contributed by atoms with Crippen molar-refractivity contribution < 1.29 is 17.9 Å². The molecule has 1 aliphatic rings. The van der Waals surface area contributed by atoms with Gasteiger partial charge in [-0.1, -0.05) is 48.5 Å². The normalized spacial score (nSPS) is 14.8. The number of nitrogens with one attached hydrogen (secondary N) is 2. The lowest BCUT2D eigenvalue weighted by atomic mass is 10.1. The first kappa shape index (κ1) is 22.3. The van der Waals surface area contributed by atoms with Crippen molar-refractivity contribution in [2.75, 3.05) is 26.3 Å². The summed E-state index contributed by atoms with van der Waals surface area (Å²) < 4.78 is 31.9. The summed E-state index contributed by atoms with van der Waals surface area (Å²) in [5, 5.41) is 0.538. The Bertz CT molecular complexity index is 1000. The van der Waals surface area contributed by atoms with E-state index in [9.17, 15) is 13.2 Å². The molecule has 2 N–H and O–H groups in total. The van der Waals surface area contributed by atoms with Gasteiger partial charge in [-0.2, -0.15) is 4.31 Å². The molecule has 9 heteroatoms. The topological polar surface area (TPSA) is 87.7 Å². The molecule has 1 aliphatic heterocycles. The Balaban J connectivity index is 1.49. The monoisotopic (exact) mass is 449 g/mol. The molecule has 0 radical (unpaired) electrons. The van der Waals surface area contributed by atoms with Crippen molar-refractivity contribution in [3.63, 3.8) is 0 Å². The highest BCUT2D eigenvalue weighted by Gasteiger charge is 2.26. The van der Waals surface area contributed by atoms with Crippen LogP contribution in [0.5, 0.6) is 0 Å². The van der Waals surface area contributed by atoms with Gasteiger partial charge in [0.25, 0.3) is 0 Å². The average molecular weight is 450 g/mol. The van der Waals surface area contributed by atoms with E-state index < -0.39 is 10.0 Å². The molecule has 0 spiro atoms. The van der Waals surface area contributed by atoms with E-state index in [2.05, 4.69) is 17.4 Å². The molecule has 7 nitrogen and oxygen atoms in total. The van der Waals surface area contributed by atoms with Crippen LogP contribution in [-0.4, -0.2) is 44.9 Å². The smallest absolute Gasteiger partial charge is 0.243 e. The van der Waals surface area contributed by atoms with Gasteiger partial charge in [-0.05, 0) is 30.2 Å². The molecular formula is C21H24ClN3O4S. The van der Waals surface area contributed by atoms with E-state index in [-0.39, 0.29) is 17.2 Å². The first-order chi connectivity index (χ1) is 14.4. The first-order valence-electron chi connectivity index (χ1n) is 9.53. The number of sulfonamides is 1. The zero-order chi connectivity index (χ0) is 21.6. The summed E-state index contributed by atoms with van der Waals surface area (Å²) in [6.45, 7) is 5.40. The van der Waals surface area contributed by atoms with Crippen LogP contribution in [0.15, 0.2) is 60.0 Å². The van der Waals surface area contributed by atoms with Crippen molar-refractivity contribution in [2.24, 2.45) is 0 Å². The van der Waals surface area contributed by atoms with Crippen molar-refractivity contribution >= 4 is 33.2 Å². The Morgan fingerprint density at radius 2 is 1.73 bits per heavy atom. The summed E-state index contributed by atoms with van der Waals surface area (Å²) in [4.78, 5) is 12.4. The number of nitrogens with zero attached hydrogens (tertiary/aromatic N) is 1. The van der Waals surface area contributed by atoms with Crippen molar-refractivity contribution in [1.82, 2.24) is 15.2 Å². The second-order valence-electron chi connectivity index (χ2n) is 6.79. The number of rotatable bonds is 8. The van der Waals surface area contributed by atoms with Crippen LogP contribution in [-0.2, 0) is 26.0 Å². The molecule has 2 aromatic rings. The highest BCUT2D eigenvalue weighted by atomic mass is 35.5. The quantitative estimate of drug-likeness (QED) is 0.605. The largest absolute Gasteiger partial charge is 0.379 e. The van der Waals surface area contributed by atoms with Gasteiger partial charge in [0.05, 0.1) is 23.8 Å². The number of benzene rings is 2. The summed E-state index contributed by atoms with van der Waals surface area (Å²) in [5.74, 6) is -0.215. The van der Waals surface area contributed by atoms with Crippen molar-refractivity contribution in [1.29, 1.82) is 0 Å². The third-order valence-electron chi connectivity index (χ3n) is 4.72. The number of hydrazine groups is 1. The highest BCUT2D eigenvalue weighted by molar-refractivity contribution is 7.89. The van der Waals surface area contributed by atoms with Gasteiger partial charge in [0.15, 0.2) is 0 Å². The standard InChI is InChI=1S/C21H24ClN3O4S/c1-16(19-4-2-3-5-20(19)22)23-24-21(26)11-8-17-6-9-18(10-7-17)30(27,28)25-12-14-29-15-13-25/h2-7,9-10,23H,1,8,11-15H2,(H,24,26). The Morgan fingerprint density at radius 3 is 2.40 bits per heavy atom. The van der Waals surface area contributed by atoms with Gasteiger partial charge in [0.2, 0.25) is 15.9 Å². The predicted molar refractivity (Wildman–Crippen MR) is 116 cm³/mol. The molecule has 0 atom stereocenters. The lowest BCUT2D eigenvalue weighted by Crippen LogP contribution is -2.40. The number of hydrogen-bond acceptors (Lipinski definition) is 5. The fraction of sp³-hybridized carbons (Fsp3) is 0.286. The zero-order valence-electron chi connectivity index (χ0n) is 16.4. The summed E-state index contributed by atoms with van der Waals surface area (Å²) in [6.07, 6.45) is 0.711. The summed E-state index contributed by atoms with van der Waals surface area (Å²) >= 11 is 6.10. The minimum atomic E-state index is -3.51. The number of morpholine rings is 1. The molecule has 0 aromatic heterocycles. The van der Waals surface area contributed by atoms with Crippen LogP contribution in [0.4, 0.5) is 0 Å². The molecular weight excluding hydrogens is 426 g/mol. The number of carbonyl (C=O) groups excluding carboxylic acids is 1. The first-order valence-corrected chi connectivity index (χ1v) is 11.4. The second-order valence-corrected chi connectivity index (χ2v) is 9.14. The molecule has 1 fully saturated rings. The lowest BCUT2D eigenvalue weighted by Gasteiger charge is -2.26. The van der Waals surface area contributed by atoms with Gasteiger partial charge in [-0.3, -0.25) is 15.6 Å². The number of hydrogen-bond donors (Lipinski definition) is 2. The number of carbonyl (C=O) groups is 1. The van der Waals surface area contributed by atoms with Crippen LogP contribution in [0.3, 0.4) is 0 Å². The van der Waals surface area contributed by atoms with Crippen LogP contribution in [0.1, 0.15) is 17.5 Å².